The van der Waals surface area contributed by atoms with Gasteiger partial charge in [0.05, 0.1) is 0 Å². The topological polar surface area (TPSA) is 49.4 Å². The van der Waals surface area contributed by atoms with Gasteiger partial charge >= 0.3 is 0 Å². The molecule has 2 amide bonds. The van der Waals surface area contributed by atoms with Crippen LogP contribution < -0.4 is 10.2 Å². The van der Waals surface area contributed by atoms with Crippen LogP contribution >= 0.6 is 0 Å². The van der Waals surface area contributed by atoms with Gasteiger partial charge in [-0.1, -0.05) is 18.2 Å². The average Bonchev–Trinajstić information content (AvgIpc) is 2.99. The van der Waals surface area contributed by atoms with E-state index in [4.69, 9.17) is 0 Å². The van der Waals surface area contributed by atoms with Crippen molar-refractivity contribution in [2.24, 2.45) is 0 Å². The molecule has 0 aromatic heterocycles. The predicted molar refractivity (Wildman–Crippen MR) is 92.1 cm³/mol. The molecule has 1 fully saturated rings. The summed E-state index contributed by atoms with van der Waals surface area (Å²) in [6.07, 6.45) is 4.55. The Balaban J connectivity index is 1.61. The minimum Gasteiger partial charge on any atom is -0.322 e. The van der Waals surface area contributed by atoms with Gasteiger partial charge in [0, 0.05) is 30.4 Å². The number of hydrogen-bond donors (Lipinski definition) is 1. The fraction of sp³-hybridized carbons (Fsp3) is 0.158. The van der Waals surface area contributed by atoms with Gasteiger partial charge in [0.1, 0.15) is 5.82 Å². The third-order valence-electron chi connectivity index (χ3n) is 3.80. The molecule has 1 aliphatic rings. The molecule has 1 N–H and O–H groups in total. The molecular formula is C19H17FN2O2. The number of benzene rings is 2. The minimum absolute atomic E-state index is 0.146. The number of nitrogens with zero attached hydrogens (tertiary/aromatic N) is 1. The molecule has 1 aliphatic heterocycles. The van der Waals surface area contributed by atoms with E-state index in [0.717, 1.165) is 24.2 Å². The van der Waals surface area contributed by atoms with Gasteiger partial charge < -0.3 is 10.2 Å². The van der Waals surface area contributed by atoms with E-state index in [0.29, 0.717) is 12.1 Å². The highest BCUT2D eigenvalue weighted by atomic mass is 19.1. The van der Waals surface area contributed by atoms with Gasteiger partial charge in [-0.15, -0.1) is 0 Å². The first-order valence-electron chi connectivity index (χ1n) is 7.77. The van der Waals surface area contributed by atoms with Crippen LogP contribution in [0.5, 0.6) is 0 Å². The van der Waals surface area contributed by atoms with Crippen LogP contribution in [0.4, 0.5) is 15.8 Å². The zero-order valence-corrected chi connectivity index (χ0v) is 13.0. The molecule has 5 heteroatoms. The zero-order chi connectivity index (χ0) is 16.9. The second kappa shape index (κ2) is 7.08. The summed E-state index contributed by atoms with van der Waals surface area (Å²) in [5, 5.41) is 2.60. The van der Waals surface area contributed by atoms with Crippen LogP contribution in [0, 0.1) is 5.82 Å². The van der Waals surface area contributed by atoms with E-state index in [2.05, 4.69) is 5.32 Å². The Kier molecular flexibility index (Phi) is 4.70. The highest BCUT2D eigenvalue weighted by molar-refractivity contribution is 6.02. The van der Waals surface area contributed by atoms with E-state index in [1.807, 2.05) is 24.3 Å². The van der Waals surface area contributed by atoms with Gasteiger partial charge in [-0.3, -0.25) is 9.59 Å². The van der Waals surface area contributed by atoms with Crippen LogP contribution in [0.15, 0.2) is 54.6 Å². The van der Waals surface area contributed by atoms with Gasteiger partial charge in [0.2, 0.25) is 11.8 Å². The smallest absolute Gasteiger partial charge is 0.248 e. The number of hydrogen-bond acceptors (Lipinski definition) is 2. The maximum atomic E-state index is 13.1. The maximum Gasteiger partial charge on any atom is 0.248 e. The largest absolute Gasteiger partial charge is 0.322 e. The number of carbonyl (C=O) groups excluding carboxylic acids is 2. The first-order chi connectivity index (χ1) is 11.6. The van der Waals surface area contributed by atoms with Crippen molar-refractivity contribution in [2.75, 3.05) is 16.8 Å². The summed E-state index contributed by atoms with van der Waals surface area (Å²) in [7, 11) is 0. The lowest BCUT2D eigenvalue weighted by Gasteiger charge is -2.15. The number of carbonyl (C=O) groups is 2. The van der Waals surface area contributed by atoms with Crippen LogP contribution in [0.1, 0.15) is 18.4 Å². The molecule has 0 radical (unpaired) electrons. The van der Waals surface area contributed by atoms with Crippen molar-refractivity contribution in [1.82, 2.24) is 0 Å². The highest BCUT2D eigenvalue weighted by Crippen LogP contribution is 2.21. The van der Waals surface area contributed by atoms with Crippen molar-refractivity contribution >= 4 is 29.3 Å². The third-order valence-corrected chi connectivity index (χ3v) is 3.80. The average molecular weight is 324 g/mol. The van der Waals surface area contributed by atoms with Crippen molar-refractivity contribution in [1.29, 1.82) is 0 Å². The molecule has 1 heterocycles. The molecule has 2 aromatic carbocycles. The Morgan fingerprint density at radius 3 is 2.62 bits per heavy atom. The molecule has 122 valence electrons. The molecule has 1 saturated heterocycles. The fourth-order valence-electron chi connectivity index (χ4n) is 2.61. The monoisotopic (exact) mass is 324 g/mol. The summed E-state index contributed by atoms with van der Waals surface area (Å²) in [6.45, 7) is 0.754. The van der Waals surface area contributed by atoms with Crippen LogP contribution in [0.3, 0.4) is 0 Å². The minimum atomic E-state index is -0.399. The van der Waals surface area contributed by atoms with Crippen LogP contribution in [-0.4, -0.2) is 18.4 Å². The highest BCUT2D eigenvalue weighted by Gasteiger charge is 2.21. The molecular weight excluding hydrogens is 307 g/mol. The first kappa shape index (κ1) is 15.9. The Bertz CT molecular complexity index is 784. The van der Waals surface area contributed by atoms with Crippen molar-refractivity contribution < 1.29 is 14.0 Å². The summed E-state index contributed by atoms with van der Waals surface area (Å²) in [4.78, 5) is 25.3. The molecule has 2 aromatic rings. The van der Waals surface area contributed by atoms with E-state index in [-0.39, 0.29) is 11.8 Å². The summed E-state index contributed by atoms with van der Waals surface area (Å²) < 4.78 is 13.1. The second-order valence-corrected chi connectivity index (χ2v) is 5.57. The third kappa shape index (κ3) is 3.87. The van der Waals surface area contributed by atoms with Gasteiger partial charge in [0.15, 0.2) is 0 Å². The van der Waals surface area contributed by atoms with Crippen LogP contribution in [0.2, 0.25) is 0 Å². The summed E-state index contributed by atoms with van der Waals surface area (Å²) in [5.41, 5.74) is 2.13. The number of anilines is 2. The Morgan fingerprint density at radius 2 is 1.96 bits per heavy atom. The zero-order valence-electron chi connectivity index (χ0n) is 13.0. The lowest BCUT2D eigenvalue weighted by Crippen LogP contribution is -2.23. The molecule has 0 spiro atoms. The predicted octanol–water partition coefficient (Wildman–Crippen LogP) is 3.60. The van der Waals surface area contributed by atoms with E-state index in [9.17, 15) is 14.0 Å². The van der Waals surface area contributed by atoms with Gasteiger partial charge in [0.25, 0.3) is 0 Å². The quantitative estimate of drug-likeness (QED) is 0.874. The number of halogens is 1. The SMILES string of the molecule is O=C(/C=C/c1ccc(N2CCCC2=O)cc1)Nc1cccc(F)c1. The van der Waals surface area contributed by atoms with E-state index >= 15 is 0 Å². The summed E-state index contributed by atoms with van der Waals surface area (Å²) >= 11 is 0. The van der Waals surface area contributed by atoms with Gasteiger partial charge in [-0.25, -0.2) is 4.39 Å². The first-order valence-corrected chi connectivity index (χ1v) is 7.77. The Hall–Kier alpha value is -2.95. The number of nitrogens with one attached hydrogen (secondary N) is 1. The van der Waals surface area contributed by atoms with E-state index in [1.54, 1.807) is 17.0 Å². The Morgan fingerprint density at radius 1 is 1.17 bits per heavy atom. The maximum absolute atomic E-state index is 13.1. The van der Waals surface area contributed by atoms with Gasteiger partial charge in [-0.05, 0) is 48.4 Å². The molecule has 3 rings (SSSR count). The molecule has 0 atom stereocenters. The lowest BCUT2D eigenvalue weighted by atomic mass is 10.2. The van der Waals surface area contributed by atoms with Crippen molar-refractivity contribution in [2.45, 2.75) is 12.8 Å². The molecule has 24 heavy (non-hydrogen) atoms. The molecule has 0 unspecified atom stereocenters. The number of rotatable bonds is 4. The van der Waals surface area contributed by atoms with Crippen molar-refractivity contribution in [3.8, 4) is 0 Å². The summed E-state index contributed by atoms with van der Waals surface area (Å²) in [6, 6.07) is 13.2. The molecule has 0 aliphatic carbocycles. The van der Waals surface area contributed by atoms with Crippen LogP contribution in [-0.2, 0) is 9.59 Å². The lowest BCUT2D eigenvalue weighted by molar-refractivity contribution is -0.117. The second-order valence-electron chi connectivity index (χ2n) is 5.57. The number of amides is 2. The molecule has 0 bridgehead atoms. The molecule has 4 nitrogen and oxygen atoms in total. The normalized spacial score (nSPS) is 14.4. The van der Waals surface area contributed by atoms with E-state index in [1.165, 1.54) is 24.3 Å². The Labute approximate surface area is 139 Å². The van der Waals surface area contributed by atoms with E-state index < -0.39 is 5.82 Å². The fourth-order valence-corrected chi connectivity index (χ4v) is 2.61. The molecule has 0 saturated carbocycles. The van der Waals surface area contributed by atoms with Crippen LogP contribution in [0.25, 0.3) is 6.08 Å². The van der Waals surface area contributed by atoms with Crippen molar-refractivity contribution in [3.05, 3.63) is 66.0 Å². The standard InChI is InChI=1S/C19H17FN2O2/c20-15-3-1-4-16(13-15)21-18(23)11-8-14-6-9-17(10-7-14)22-12-2-5-19(22)24/h1,3-4,6-11,13H,2,5,12H2,(H,21,23)/b11-8+. The van der Waals surface area contributed by atoms with Gasteiger partial charge in [-0.2, -0.15) is 0 Å². The van der Waals surface area contributed by atoms with Crippen molar-refractivity contribution in [3.63, 3.8) is 0 Å². The summed E-state index contributed by atoms with van der Waals surface area (Å²) in [5.74, 6) is -0.587.